The number of benzene rings is 2. The van der Waals surface area contributed by atoms with Gasteiger partial charge in [0, 0.05) is 0 Å². The zero-order valence-electron chi connectivity index (χ0n) is 24.0. The molecule has 0 aliphatic heterocycles. The van der Waals surface area contributed by atoms with Gasteiger partial charge < -0.3 is 4.74 Å². The number of rotatable bonds is 16. The number of carbonyl (C=O) groups is 1. The first-order valence-corrected chi connectivity index (χ1v) is 15.5. The van der Waals surface area contributed by atoms with Gasteiger partial charge in [0.2, 0.25) is 0 Å². The largest absolute Gasteiger partial charge is 0.425 e. The van der Waals surface area contributed by atoms with E-state index >= 15 is 0 Å². The van der Waals surface area contributed by atoms with E-state index in [0.717, 1.165) is 44.1 Å². The number of nitrogens with zero attached hydrogens (tertiary/aromatic N) is 1. The SMILES string of the molecule is CCCCCCCCc1ccc(OC(=O)C2CCC(c3ccc(CCCCCCC)cc3)CC2)c(C#N)c1. The van der Waals surface area contributed by atoms with Crippen molar-refractivity contribution in [1.29, 1.82) is 5.26 Å². The van der Waals surface area contributed by atoms with Gasteiger partial charge in [-0.3, -0.25) is 4.79 Å². The Labute approximate surface area is 232 Å². The van der Waals surface area contributed by atoms with Crippen molar-refractivity contribution in [3.63, 3.8) is 0 Å². The second kappa shape index (κ2) is 17.1. The molecule has 0 bridgehead atoms. The Kier molecular flexibility index (Phi) is 13.5. The Morgan fingerprint density at radius 3 is 1.92 bits per heavy atom. The predicted octanol–water partition coefficient (Wildman–Crippen LogP) is 9.85. The molecule has 3 heteroatoms. The average molecular weight is 516 g/mol. The van der Waals surface area contributed by atoms with Crippen molar-refractivity contribution < 1.29 is 9.53 Å². The maximum absolute atomic E-state index is 12.9. The molecule has 0 amide bonds. The summed E-state index contributed by atoms with van der Waals surface area (Å²) in [6, 6.07) is 17.2. The van der Waals surface area contributed by atoms with E-state index in [1.807, 2.05) is 18.2 Å². The Morgan fingerprint density at radius 1 is 0.763 bits per heavy atom. The number of aryl methyl sites for hydroxylation is 2. The van der Waals surface area contributed by atoms with E-state index < -0.39 is 0 Å². The van der Waals surface area contributed by atoms with Crippen LogP contribution < -0.4 is 4.74 Å². The molecule has 1 fully saturated rings. The molecule has 0 unspecified atom stereocenters. The van der Waals surface area contributed by atoms with E-state index in [0.29, 0.717) is 17.2 Å². The topological polar surface area (TPSA) is 50.1 Å². The molecule has 0 radical (unpaired) electrons. The van der Waals surface area contributed by atoms with Crippen LogP contribution in [0.4, 0.5) is 0 Å². The summed E-state index contributed by atoms with van der Waals surface area (Å²) in [6.07, 6.45) is 20.0. The normalized spacial score (nSPS) is 17.2. The number of ether oxygens (including phenoxy) is 1. The molecule has 3 nitrogen and oxygen atoms in total. The van der Waals surface area contributed by atoms with Crippen molar-refractivity contribution in [2.24, 2.45) is 5.92 Å². The minimum atomic E-state index is -0.179. The van der Waals surface area contributed by atoms with E-state index in [-0.39, 0.29) is 11.9 Å². The molecule has 0 aromatic heterocycles. The summed E-state index contributed by atoms with van der Waals surface area (Å²) in [6.45, 7) is 4.49. The number of hydrogen-bond acceptors (Lipinski definition) is 3. The van der Waals surface area contributed by atoms with Crippen LogP contribution in [0.1, 0.15) is 138 Å². The monoisotopic (exact) mass is 515 g/mol. The summed E-state index contributed by atoms with van der Waals surface area (Å²) >= 11 is 0. The van der Waals surface area contributed by atoms with Crippen molar-refractivity contribution in [2.75, 3.05) is 0 Å². The van der Waals surface area contributed by atoms with E-state index in [4.69, 9.17) is 4.74 Å². The molecule has 1 saturated carbocycles. The Morgan fingerprint density at radius 2 is 1.32 bits per heavy atom. The second-order valence-electron chi connectivity index (χ2n) is 11.3. The lowest BCUT2D eigenvalue weighted by atomic mass is 9.78. The van der Waals surface area contributed by atoms with E-state index in [9.17, 15) is 10.1 Å². The van der Waals surface area contributed by atoms with Crippen molar-refractivity contribution in [1.82, 2.24) is 0 Å². The first-order chi connectivity index (χ1) is 18.6. The van der Waals surface area contributed by atoms with Crippen LogP contribution in [0.15, 0.2) is 42.5 Å². The second-order valence-corrected chi connectivity index (χ2v) is 11.3. The van der Waals surface area contributed by atoms with Gasteiger partial charge in [-0.1, -0.05) is 102 Å². The van der Waals surface area contributed by atoms with Gasteiger partial charge in [-0.15, -0.1) is 0 Å². The molecule has 2 aromatic carbocycles. The fraction of sp³-hybridized carbons (Fsp3) is 0.600. The predicted molar refractivity (Wildman–Crippen MR) is 157 cm³/mol. The smallest absolute Gasteiger partial charge is 0.314 e. The van der Waals surface area contributed by atoms with Crippen LogP contribution in [-0.4, -0.2) is 5.97 Å². The van der Waals surface area contributed by atoms with Gasteiger partial charge >= 0.3 is 5.97 Å². The van der Waals surface area contributed by atoms with Crippen LogP contribution in [0, 0.1) is 17.2 Å². The third kappa shape index (κ3) is 9.94. The van der Waals surface area contributed by atoms with Gasteiger partial charge in [0.15, 0.2) is 0 Å². The van der Waals surface area contributed by atoms with Crippen LogP contribution in [0.25, 0.3) is 0 Å². The highest BCUT2D eigenvalue weighted by Gasteiger charge is 2.29. The lowest BCUT2D eigenvalue weighted by Gasteiger charge is -2.27. The van der Waals surface area contributed by atoms with Gasteiger partial charge in [0.1, 0.15) is 11.8 Å². The lowest BCUT2D eigenvalue weighted by molar-refractivity contribution is -0.140. The number of nitriles is 1. The number of esters is 1. The maximum Gasteiger partial charge on any atom is 0.314 e. The minimum absolute atomic E-state index is 0.0806. The fourth-order valence-electron chi connectivity index (χ4n) is 5.76. The summed E-state index contributed by atoms with van der Waals surface area (Å²) in [5.74, 6) is 0.676. The highest BCUT2D eigenvalue weighted by Crippen LogP contribution is 2.37. The molecule has 0 atom stereocenters. The summed E-state index contributed by atoms with van der Waals surface area (Å²) in [4.78, 5) is 12.9. The highest BCUT2D eigenvalue weighted by molar-refractivity contribution is 5.76. The van der Waals surface area contributed by atoms with Gasteiger partial charge in [0.25, 0.3) is 0 Å². The van der Waals surface area contributed by atoms with Crippen molar-refractivity contribution in [2.45, 2.75) is 129 Å². The first-order valence-electron chi connectivity index (χ1n) is 15.5. The van der Waals surface area contributed by atoms with Gasteiger partial charge in [-0.2, -0.15) is 5.26 Å². The van der Waals surface area contributed by atoms with Crippen LogP contribution in [0.5, 0.6) is 5.75 Å². The van der Waals surface area contributed by atoms with Gasteiger partial charge in [-0.05, 0) is 86.1 Å². The first kappa shape index (κ1) is 29.9. The molecule has 0 heterocycles. The van der Waals surface area contributed by atoms with Crippen LogP contribution in [0.3, 0.4) is 0 Å². The molecule has 1 aliphatic rings. The zero-order valence-corrected chi connectivity index (χ0v) is 24.0. The Bertz CT molecular complexity index is 996. The maximum atomic E-state index is 12.9. The fourth-order valence-corrected chi connectivity index (χ4v) is 5.76. The number of unbranched alkanes of at least 4 members (excludes halogenated alkanes) is 9. The third-order valence-corrected chi connectivity index (χ3v) is 8.27. The third-order valence-electron chi connectivity index (χ3n) is 8.27. The summed E-state index contributed by atoms with van der Waals surface area (Å²) in [5, 5.41) is 9.66. The number of hydrogen-bond donors (Lipinski definition) is 0. The van der Waals surface area contributed by atoms with E-state index in [2.05, 4.69) is 44.2 Å². The van der Waals surface area contributed by atoms with Gasteiger partial charge in [0.05, 0.1) is 11.5 Å². The lowest BCUT2D eigenvalue weighted by Crippen LogP contribution is -2.25. The van der Waals surface area contributed by atoms with Crippen molar-refractivity contribution in [3.8, 4) is 11.8 Å². The van der Waals surface area contributed by atoms with E-state index in [1.54, 1.807) is 0 Å². The van der Waals surface area contributed by atoms with E-state index in [1.165, 1.54) is 81.8 Å². The van der Waals surface area contributed by atoms with Gasteiger partial charge in [-0.25, -0.2) is 0 Å². The molecule has 0 saturated heterocycles. The number of carbonyl (C=O) groups excluding carboxylic acids is 1. The minimum Gasteiger partial charge on any atom is -0.425 e. The molecular weight excluding hydrogens is 466 g/mol. The quantitative estimate of drug-likeness (QED) is 0.127. The molecule has 3 rings (SSSR count). The molecule has 2 aromatic rings. The average Bonchev–Trinajstić information content (AvgIpc) is 2.96. The highest BCUT2D eigenvalue weighted by atomic mass is 16.5. The molecule has 1 aliphatic carbocycles. The van der Waals surface area contributed by atoms with Crippen LogP contribution in [0.2, 0.25) is 0 Å². The Balaban J connectivity index is 1.42. The molecule has 206 valence electrons. The zero-order chi connectivity index (χ0) is 27.0. The Hall–Kier alpha value is -2.60. The van der Waals surface area contributed by atoms with Crippen LogP contribution >= 0.6 is 0 Å². The van der Waals surface area contributed by atoms with Crippen LogP contribution in [-0.2, 0) is 17.6 Å². The van der Waals surface area contributed by atoms with Crippen molar-refractivity contribution >= 4 is 5.97 Å². The van der Waals surface area contributed by atoms with Crippen molar-refractivity contribution in [3.05, 3.63) is 64.7 Å². The standard InChI is InChI=1S/C35H49NO2/c1-3-5-7-9-11-13-15-29-18-25-34(33(26-29)27-36)38-35(37)32-23-21-31(22-24-32)30-19-16-28(17-20-30)14-12-10-8-6-4-2/h16-20,25-26,31-32H,3-15,21-24H2,1-2H3. The summed E-state index contributed by atoms with van der Waals surface area (Å²) in [7, 11) is 0. The summed E-state index contributed by atoms with van der Waals surface area (Å²) < 4.78 is 5.76. The molecule has 38 heavy (non-hydrogen) atoms. The molecule has 0 N–H and O–H groups in total. The summed E-state index contributed by atoms with van der Waals surface area (Å²) in [5.41, 5.74) is 4.47. The molecule has 0 spiro atoms. The molecular formula is C35H49NO2.